The molecule has 3 aromatic rings. The van der Waals surface area contributed by atoms with Gasteiger partial charge in [0.05, 0.1) is 0 Å². The molecule has 6 heteroatoms. The van der Waals surface area contributed by atoms with Gasteiger partial charge < -0.3 is 5.32 Å². The van der Waals surface area contributed by atoms with Crippen molar-refractivity contribution in [3.63, 3.8) is 0 Å². The van der Waals surface area contributed by atoms with Gasteiger partial charge in [0, 0.05) is 12.6 Å². The molecule has 0 fully saturated rings. The van der Waals surface area contributed by atoms with Crippen LogP contribution in [0, 0.1) is 11.6 Å². The van der Waals surface area contributed by atoms with Crippen LogP contribution in [0.1, 0.15) is 24.1 Å². The summed E-state index contributed by atoms with van der Waals surface area (Å²) in [6, 6.07) is 11.3. The molecule has 3 rings (SSSR count). The largest absolute Gasteiger partial charge is 0.306 e. The van der Waals surface area contributed by atoms with Gasteiger partial charge in [-0.1, -0.05) is 18.2 Å². The summed E-state index contributed by atoms with van der Waals surface area (Å²) in [5.41, 5.74) is 2.00. The number of nitrogens with zero attached hydrogens (tertiary/aromatic N) is 3. The van der Waals surface area contributed by atoms with Gasteiger partial charge in [0.1, 0.15) is 30.0 Å². The third-order valence-corrected chi connectivity index (χ3v) is 3.64. The van der Waals surface area contributed by atoms with Crippen molar-refractivity contribution in [1.82, 2.24) is 20.1 Å². The Labute approximate surface area is 132 Å². The van der Waals surface area contributed by atoms with Crippen molar-refractivity contribution in [2.75, 3.05) is 0 Å². The highest BCUT2D eigenvalue weighted by molar-refractivity contribution is 5.35. The third-order valence-electron chi connectivity index (χ3n) is 3.64. The molecule has 1 aromatic heterocycles. The first-order valence-electron chi connectivity index (χ1n) is 7.26. The Morgan fingerprint density at radius 2 is 2.04 bits per heavy atom. The van der Waals surface area contributed by atoms with Crippen LogP contribution in [0.4, 0.5) is 8.78 Å². The van der Waals surface area contributed by atoms with Crippen molar-refractivity contribution < 1.29 is 8.78 Å². The fourth-order valence-electron chi connectivity index (χ4n) is 2.34. The van der Waals surface area contributed by atoms with Crippen molar-refractivity contribution in [3.05, 3.63) is 77.9 Å². The molecule has 0 aliphatic rings. The maximum absolute atomic E-state index is 14.1. The van der Waals surface area contributed by atoms with E-state index in [1.165, 1.54) is 35.5 Å². The molecule has 4 nitrogen and oxygen atoms in total. The van der Waals surface area contributed by atoms with E-state index in [2.05, 4.69) is 15.4 Å². The van der Waals surface area contributed by atoms with E-state index >= 15 is 0 Å². The van der Waals surface area contributed by atoms with E-state index in [1.54, 1.807) is 12.1 Å². The summed E-state index contributed by atoms with van der Waals surface area (Å²) in [7, 11) is 0. The molecule has 0 saturated heterocycles. The molecule has 0 aliphatic heterocycles. The van der Waals surface area contributed by atoms with Gasteiger partial charge in [-0.2, -0.15) is 5.10 Å². The SMILES string of the molecule is C[C@H](NCc1ccc(-n2cncn2)c(F)c1)c1cccc(F)c1. The van der Waals surface area contributed by atoms with Crippen LogP contribution < -0.4 is 5.32 Å². The standard InChI is InChI=1S/C17H16F2N4/c1-12(14-3-2-4-15(18)8-14)21-9-13-5-6-17(16(19)7-13)23-11-20-10-22-23/h2-8,10-12,21H,9H2,1H3/t12-/m0/s1. The number of nitrogens with one attached hydrogen (secondary N) is 1. The van der Waals surface area contributed by atoms with Crippen LogP contribution in [0.2, 0.25) is 0 Å². The maximum atomic E-state index is 14.1. The van der Waals surface area contributed by atoms with Crippen LogP contribution in [0.25, 0.3) is 5.69 Å². The van der Waals surface area contributed by atoms with Gasteiger partial charge in [-0.3, -0.25) is 0 Å². The Balaban J connectivity index is 1.68. The van der Waals surface area contributed by atoms with Gasteiger partial charge in [0.25, 0.3) is 0 Å². The van der Waals surface area contributed by atoms with Crippen LogP contribution in [-0.4, -0.2) is 14.8 Å². The average Bonchev–Trinajstić information content (AvgIpc) is 3.07. The zero-order chi connectivity index (χ0) is 16.2. The van der Waals surface area contributed by atoms with E-state index in [4.69, 9.17) is 0 Å². The van der Waals surface area contributed by atoms with Gasteiger partial charge >= 0.3 is 0 Å². The maximum Gasteiger partial charge on any atom is 0.149 e. The molecule has 118 valence electrons. The highest BCUT2D eigenvalue weighted by atomic mass is 19.1. The van der Waals surface area contributed by atoms with E-state index in [0.29, 0.717) is 12.2 Å². The molecule has 0 bridgehead atoms. The highest BCUT2D eigenvalue weighted by Gasteiger charge is 2.09. The number of hydrogen-bond donors (Lipinski definition) is 1. The Morgan fingerprint density at radius 3 is 2.74 bits per heavy atom. The monoisotopic (exact) mass is 314 g/mol. The minimum atomic E-state index is -0.367. The summed E-state index contributed by atoms with van der Waals surface area (Å²) in [4.78, 5) is 3.80. The minimum Gasteiger partial charge on any atom is -0.306 e. The molecule has 1 atom stereocenters. The van der Waals surface area contributed by atoms with E-state index in [1.807, 2.05) is 19.1 Å². The fourth-order valence-corrected chi connectivity index (χ4v) is 2.34. The number of rotatable bonds is 5. The lowest BCUT2D eigenvalue weighted by Gasteiger charge is -2.15. The molecule has 1 N–H and O–H groups in total. The Bertz CT molecular complexity index is 787. The molecule has 0 radical (unpaired) electrons. The zero-order valence-corrected chi connectivity index (χ0v) is 12.6. The fraction of sp³-hybridized carbons (Fsp3) is 0.176. The number of halogens is 2. The second-order valence-electron chi connectivity index (χ2n) is 5.28. The minimum absolute atomic E-state index is 0.0382. The number of benzene rings is 2. The quantitative estimate of drug-likeness (QED) is 0.785. The van der Waals surface area contributed by atoms with Crippen molar-refractivity contribution in [2.45, 2.75) is 19.5 Å². The van der Waals surface area contributed by atoms with Gasteiger partial charge in [-0.15, -0.1) is 0 Å². The Morgan fingerprint density at radius 1 is 1.17 bits per heavy atom. The van der Waals surface area contributed by atoms with Crippen molar-refractivity contribution >= 4 is 0 Å². The molecule has 0 spiro atoms. The number of aromatic nitrogens is 3. The molecule has 0 amide bonds. The molecule has 2 aromatic carbocycles. The topological polar surface area (TPSA) is 42.7 Å². The summed E-state index contributed by atoms with van der Waals surface area (Å²) in [5.74, 6) is -0.632. The molecular formula is C17H16F2N4. The summed E-state index contributed by atoms with van der Waals surface area (Å²) in [6.45, 7) is 2.42. The molecular weight excluding hydrogens is 298 g/mol. The van der Waals surface area contributed by atoms with Crippen LogP contribution in [0.15, 0.2) is 55.1 Å². The lowest BCUT2D eigenvalue weighted by atomic mass is 10.1. The summed E-state index contributed by atoms with van der Waals surface area (Å²) in [5, 5.41) is 7.17. The summed E-state index contributed by atoms with van der Waals surface area (Å²) >= 11 is 0. The van der Waals surface area contributed by atoms with Crippen LogP contribution in [-0.2, 0) is 6.54 Å². The van der Waals surface area contributed by atoms with Crippen LogP contribution >= 0.6 is 0 Å². The first kappa shape index (κ1) is 15.3. The molecule has 0 saturated carbocycles. The molecule has 1 heterocycles. The second-order valence-corrected chi connectivity index (χ2v) is 5.28. The van der Waals surface area contributed by atoms with E-state index in [-0.39, 0.29) is 17.7 Å². The van der Waals surface area contributed by atoms with Gasteiger partial charge in [0.2, 0.25) is 0 Å². The van der Waals surface area contributed by atoms with E-state index in [9.17, 15) is 8.78 Å². The lowest BCUT2D eigenvalue weighted by molar-refractivity contribution is 0.560. The molecule has 0 aliphatic carbocycles. The van der Waals surface area contributed by atoms with Gasteiger partial charge in [0.15, 0.2) is 0 Å². The first-order valence-corrected chi connectivity index (χ1v) is 7.26. The summed E-state index contributed by atoms with van der Waals surface area (Å²) in [6.07, 6.45) is 2.80. The van der Waals surface area contributed by atoms with Gasteiger partial charge in [-0.05, 0) is 42.3 Å². The second kappa shape index (κ2) is 6.66. The third kappa shape index (κ3) is 3.60. The average molecular weight is 314 g/mol. The lowest BCUT2D eigenvalue weighted by Crippen LogP contribution is -2.18. The van der Waals surface area contributed by atoms with Crippen molar-refractivity contribution in [3.8, 4) is 5.69 Å². The predicted molar refractivity (Wildman–Crippen MR) is 83.0 cm³/mol. The number of hydrogen-bond acceptors (Lipinski definition) is 3. The van der Waals surface area contributed by atoms with Crippen molar-refractivity contribution in [1.29, 1.82) is 0 Å². The molecule has 0 unspecified atom stereocenters. The van der Waals surface area contributed by atoms with E-state index in [0.717, 1.165) is 11.1 Å². The Hall–Kier alpha value is -2.60. The zero-order valence-electron chi connectivity index (χ0n) is 12.6. The first-order chi connectivity index (χ1) is 11.1. The normalized spacial score (nSPS) is 12.3. The van der Waals surface area contributed by atoms with Gasteiger partial charge in [-0.25, -0.2) is 18.4 Å². The Kier molecular flexibility index (Phi) is 4.43. The highest BCUT2D eigenvalue weighted by Crippen LogP contribution is 2.17. The predicted octanol–water partition coefficient (Wildman–Crippen LogP) is 3.40. The summed E-state index contributed by atoms with van der Waals surface area (Å²) < 4.78 is 28.8. The van der Waals surface area contributed by atoms with Crippen molar-refractivity contribution in [2.24, 2.45) is 0 Å². The smallest absolute Gasteiger partial charge is 0.149 e. The van der Waals surface area contributed by atoms with Crippen LogP contribution in [0.5, 0.6) is 0 Å². The van der Waals surface area contributed by atoms with Crippen LogP contribution in [0.3, 0.4) is 0 Å². The molecule has 23 heavy (non-hydrogen) atoms. The van der Waals surface area contributed by atoms with E-state index < -0.39 is 0 Å².